The van der Waals surface area contributed by atoms with E-state index in [1.165, 1.54) is 7.11 Å². The first-order chi connectivity index (χ1) is 12.7. The van der Waals surface area contributed by atoms with E-state index in [0.717, 1.165) is 33.5 Å². The van der Waals surface area contributed by atoms with Crippen LogP contribution < -0.4 is 0 Å². The van der Waals surface area contributed by atoms with E-state index in [1.807, 2.05) is 32.0 Å². The van der Waals surface area contributed by atoms with E-state index in [2.05, 4.69) is 28.8 Å². The lowest BCUT2D eigenvalue weighted by Gasteiger charge is -2.22. The Morgan fingerprint density at radius 3 is 2.70 bits per heavy atom. The zero-order valence-corrected chi connectivity index (χ0v) is 17.0. The molecule has 3 aromatic heterocycles. The van der Waals surface area contributed by atoms with E-state index in [-0.39, 0.29) is 11.9 Å². The average molecular weight is 386 g/mol. The van der Waals surface area contributed by atoms with Gasteiger partial charge in [0.15, 0.2) is 0 Å². The first-order valence-electron chi connectivity index (χ1n) is 8.95. The molecule has 0 radical (unpaired) electrons. The highest BCUT2D eigenvalue weighted by Crippen LogP contribution is 2.37. The van der Waals surface area contributed by atoms with Crippen LogP contribution in [0.15, 0.2) is 30.5 Å². The molecule has 0 aromatic carbocycles. The number of aromatic amines is 1. The first kappa shape index (κ1) is 19.4. The summed E-state index contributed by atoms with van der Waals surface area (Å²) in [6.07, 6.45) is 2.27. The van der Waals surface area contributed by atoms with E-state index < -0.39 is 5.41 Å². The second-order valence-corrected chi connectivity index (χ2v) is 8.04. The monoisotopic (exact) mass is 385 g/mol. The van der Waals surface area contributed by atoms with Crippen LogP contribution >= 0.6 is 11.6 Å². The van der Waals surface area contributed by atoms with Crippen molar-refractivity contribution in [3.05, 3.63) is 46.9 Å². The van der Waals surface area contributed by atoms with Crippen LogP contribution in [0.3, 0.4) is 0 Å². The average Bonchev–Trinajstić information content (AvgIpc) is 2.98. The fourth-order valence-corrected chi connectivity index (χ4v) is 3.52. The van der Waals surface area contributed by atoms with Gasteiger partial charge >= 0.3 is 5.97 Å². The molecule has 0 unspecified atom stereocenters. The van der Waals surface area contributed by atoms with Crippen molar-refractivity contribution in [2.24, 2.45) is 5.41 Å². The molecule has 5 nitrogen and oxygen atoms in total. The van der Waals surface area contributed by atoms with Gasteiger partial charge in [-0.3, -0.25) is 9.78 Å². The number of carbonyl (C=O) groups excluding carboxylic acids is 1. The summed E-state index contributed by atoms with van der Waals surface area (Å²) < 4.78 is 5.00. The van der Waals surface area contributed by atoms with Crippen molar-refractivity contribution < 1.29 is 9.53 Å². The van der Waals surface area contributed by atoms with Crippen molar-refractivity contribution in [1.82, 2.24) is 15.0 Å². The third-order valence-electron chi connectivity index (χ3n) is 4.72. The lowest BCUT2D eigenvalue weighted by atomic mass is 9.84. The number of nitrogens with one attached hydrogen (secondary N) is 1. The third kappa shape index (κ3) is 3.69. The number of nitrogens with zero attached hydrogens (tertiary/aromatic N) is 2. The zero-order chi connectivity index (χ0) is 19.8. The number of methoxy groups -OCH3 is 1. The lowest BCUT2D eigenvalue weighted by molar-refractivity contribution is -0.150. The largest absolute Gasteiger partial charge is 0.469 e. The van der Waals surface area contributed by atoms with Gasteiger partial charge in [0.05, 0.1) is 34.9 Å². The van der Waals surface area contributed by atoms with Gasteiger partial charge < -0.3 is 9.72 Å². The molecule has 0 bridgehead atoms. The standard InChI is InChI=1S/C21H24ClN3O2/c1-12(2)17-13(7-6-10-23-17)18-14(11-21(3,4)20(26)27-5)19-15(24-18)8-9-16(22)25-19/h6-10,12,24H,11H2,1-5H3. The molecule has 3 heterocycles. The maximum atomic E-state index is 12.3. The Morgan fingerprint density at radius 2 is 2.04 bits per heavy atom. The number of pyridine rings is 2. The number of halogens is 1. The lowest BCUT2D eigenvalue weighted by Crippen LogP contribution is -2.28. The molecule has 0 saturated carbocycles. The van der Waals surface area contributed by atoms with Gasteiger partial charge in [0.1, 0.15) is 5.15 Å². The molecular weight excluding hydrogens is 362 g/mol. The normalized spacial score (nSPS) is 12.0. The Bertz CT molecular complexity index is 992. The summed E-state index contributed by atoms with van der Waals surface area (Å²) in [5.74, 6) is -0.00859. The van der Waals surface area contributed by atoms with E-state index >= 15 is 0 Å². The Kier molecular flexibility index (Phi) is 5.24. The van der Waals surface area contributed by atoms with Gasteiger partial charge in [-0.25, -0.2) is 4.98 Å². The molecule has 1 N–H and O–H groups in total. The van der Waals surface area contributed by atoms with Crippen LogP contribution in [0.4, 0.5) is 0 Å². The number of fused-ring (bicyclic) bond motifs is 1. The molecule has 0 amide bonds. The molecular formula is C21H24ClN3O2. The number of aromatic nitrogens is 3. The number of ether oxygens (including phenoxy) is 1. The van der Waals surface area contributed by atoms with Crippen molar-refractivity contribution >= 4 is 28.6 Å². The molecule has 0 spiro atoms. The minimum Gasteiger partial charge on any atom is -0.469 e. The Balaban J connectivity index is 2.26. The summed E-state index contributed by atoms with van der Waals surface area (Å²) in [5.41, 5.74) is 4.82. The predicted octanol–water partition coefficient (Wildman–Crippen LogP) is 5.14. The van der Waals surface area contributed by atoms with Crippen molar-refractivity contribution in [2.75, 3.05) is 7.11 Å². The molecule has 0 atom stereocenters. The first-order valence-corrected chi connectivity index (χ1v) is 9.33. The molecule has 142 valence electrons. The highest BCUT2D eigenvalue weighted by atomic mass is 35.5. The highest BCUT2D eigenvalue weighted by molar-refractivity contribution is 6.29. The molecule has 0 aliphatic rings. The van der Waals surface area contributed by atoms with Gasteiger partial charge in [-0.15, -0.1) is 0 Å². The van der Waals surface area contributed by atoms with Crippen molar-refractivity contribution in [3.63, 3.8) is 0 Å². The summed E-state index contributed by atoms with van der Waals surface area (Å²) in [5, 5.41) is 0.417. The van der Waals surface area contributed by atoms with Crippen molar-refractivity contribution in [2.45, 2.75) is 40.0 Å². The fraction of sp³-hybridized carbons (Fsp3) is 0.381. The minimum atomic E-state index is -0.706. The van der Waals surface area contributed by atoms with E-state index in [1.54, 1.807) is 12.3 Å². The zero-order valence-electron chi connectivity index (χ0n) is 16.3. The number of carbonyl (C=O) groups is 1. The summed E-state index contributed by atoms with van der Waals surface area (Å²) in [4.78, 5) is 24.9. The Hall–Kier alpha value is -2.40. The van der Waals surface area contributed by atoms with Crippen LogP contribution in [-0.2, 0) is 16.0 Å². The summed E-state index contributed by atoms with van der Waals surface area (Å²) in [6, 6.07) is 7.63. The number of hydrogen-bond donors (Lipinski definition) is 1. The van der Waals surface area contributed by atoms with Crippen LogP contribution in [0.2, 0.25) is 5.15 Å². The maximum absolute atomic E-state index is 12.3. The van der Waals surface area contributed by atoms with Gasteiger partial charge in [0, 0.05) is 17.3 Å². The summed E-state index contributed by atoms with van der Waals surface area (Å²) in [7, 11) is 1.41. The van der Waals surface area contributed by atoms with Gasteiger partial charge in [-0.1, -0.05) is 25.4 Å². The molecule has 3 aromatic rings. The predicted molar refractivity (Wildman–Crippen MR) is 108 cm³/mol. The Morgan fingerprint density at radius 1 is 1.30 bits per heavy atom. The van der Waals surface area contributed by atoms with Gasteiger partial charge in [0.25, 0.3) is 0 Å². The number of hydrogen-bond acceptors (Lipinski definition) is 4. The fourth-order valence-electron chi connectivity index (χ4n) is 3.38. The van der Waals surface area contributed by atoms with Gasteiger partial charge in [-0.05, 0) is 50.5 Å². The van der Waals surface area contributed by atoms with E-state index in [9.17, 15) is 4.79 Å². The van der Waals surface area contributed by atoms with Crippen LogP contribution in [0.25, 0.3) is 22.3 Å². The molecule has 27 heavy (non-hydrogen) atoms. The Labute approximate surface area is 164 Å². The minimum absolute atomic E-state index is 0.255. The smallest absolute Gasteiger partial charge is 0.311 e. The van der Waals surface area contributed by atoms with E-state index in [4.69, 9.17) is 16.3 Å². The highest BCUT2D eigenvalue weighted by Gasteiger charge is 2.32. The summed E-state index contributed by atoms with van der Waals surface area (Å²) >= 11 is 6.16. The molecule has 6 heteroatoms. The quantitative estimate of drug-likeness (QED) is 0.487. The number of rotatable bonds is 5. The van der Waals surface area contributed by atoms with Crippen molar-refractivity contribution in [1.29, 1.82) is 0 Å². The van der Waals surface area contributed by atoms with Crippen LogP contribution in [0.5, 0.6) is 0 Å². The SMILES string of the molecule is COC(=O)C(C)(C)Cc1c(-c2cccnc2C(C)C)[nH]c2ccc(Cl)nc12. The van der Waals surface area contributed by atoms with Gasteiger partial charge in [-0.2, -0.15) is 0 Å². The van der Waals surface area contributed by atoms with Crippen LogP contribution in [-0.4, -0.2) is 28.0 Å². The molecule has 0 aliphatic heterocycles. The van der Waals surface area contributed by atoms with Crippen LogP contribution in [0.1, 0.15) is 44.9 Å². The number of esters is 1. The molecule has 3 rings (SSSR count). The molecule has 0 aliphatic carbocycles. The van der Waals surface area contributed by atoms with Gasteiger partial charge in [0.2, 0.25) is 0 Å². The maximum Gasteiger partial charge on any atom is 0.311 e. The van der Waals surface area contributed by atoms with Crippen molar-refractivity contribution in [3.8, 4) is 11.3 Å². The second-order valence-electron chi connectivity index (χ2n) is 7.65. The number of H-pyrrole nitrogens is 1. The third-order valence-corrected chi connectivity index (χ3v) is 4.93. The van der Waals surface area contributed by atoms with Crippen LogP contribution in [0, 0.1) is 5.41 Å². The second kappa shape index (κ2) is 7.31. The molecule has 0 fully saturated rings. The topological polar surface area (TPSA) is 67.9 Å². The van der Waals surface area contributed by atoms with E-state index in [0.29, 0.717) is 11.6 Å². The molecule has 0 saturated heterocycles. The summed E-state index contributed by atoms with van der Waals surface area (Å²) in [6.45, 7) is 7.97.